The van der Waals surface area contributed by atoms with Crippen molar-refractivity contribution in [2.75, 3.05) is 11.1 Å². The molecule has 1 aliphatic carbocycles. The quantitative estimate of drug-likeness (QED) is 0.588. The number of nitrogens with two attached hydrogens (primary N) is 1. The summed E-state index contributed by atoms with van der Waals surface area (Å²) in [5.74, 6) is 0.000464. The topological polar surface area (TPSA) is 101 Å². The maximum absolute atomic E-state index is 12.3. The highest BCUT2D eigenvalue weighted by Gasteiger charge is 2.17. The summed E-state index contributed by atoms with van der Waals surface area (Å²) in [6.45, 7) is 1.76. The Morgan fingerprint density at radius 2 is 2.13 bits per heavy atom. The maximum atomic E-state index is 12.3. The van der Waals surface area contributed by atoms with Crippen LogP contribution in [0.3, 0.4) is 0 Å². The smallest absolute Gasteiger partial charge is 0.253 e. The van der Waals surface area contributed by atoms with Gasteiger partial charge < -0.3 is 16.0 Å². The first-order chi connectivity index (χ1) is 11.0. The number of aromatic amines is 1. The third-order valence-corrected chi connectivity index (χ3v) is 4.75. The van der Waals surface area contributed by atoms with Gasteiger partial charge in [0.05, 0.1) is 5.25 Å². The molecule has 3 rings (SSSR count). The number of thioether (sulfide) groups is 1. The van der Waals surface area contributed by atoms with Crippen molar-refractivity contribution in [1.82, 2.24) is 9.97 Å². The minimum atomic E-state index is -0.409. The van der Waals surface area contributed by atoms with Crippen molar-refractivity contribution in [2.24, 2.45) is 0 Å². The summed E-state index contributed by atoms with van der Waals surface area (Å²) in [7, 11) is 0. The van der Waals surface area contributed by atoms with E-state index in [0.29, 0.717) is 5.16 Å². The molecular formula is C16H18N4O2S. The lowest BCUT2D eigenvalue weighted by atomic mass is 10.1. The predicted molar refractivity (Wildman–Crippen MR) is 91.7 cm³/mol. The molecule has 23 heavy (non-hydrogen) atoms. The highest BCUT2D eigenvalue weighted by atomic mass is 32.2. The lowest BCUT2D eigenvalue weighted by Gasteiger charge is -2.12. The van der Waals surface area contributed by atoms with Gasteiger partial charge in [-0.3, -0.25) is 9.59 Å². The number of H-pyrrole nitrogens is 1. The Bertz CT molecular complexity index is 803. The summed E-state index contributed by atoms with van der Waals surface area (Å²) in [6, 6.07) is 7.25. The zero-order valence-corrected chi connectivity index (χ0v) is 13.6. The van der Waals surface area contributed by atoms with Crippen molar-refractivity contribution < 1.29 is 4.79 Å². The van der Waals surface area contributed by atoms with Crippen molar-refractivity contribution in [3.63, 3.8) is 0 Å². The highest BCUT2D eigenvalue weighted by molar-refractivity contribution is 8.00. The normalized spacial score (nSPS) is 14.3. The standard InChI is InChI=1S/C16H18N4O2S/c1-9(23-16-19-13(17)8-14(21)20-16)15(22)18-12-6-5-10-3-2-4-11(10)7-12/h5-9H,2-4H2,1H3,(H,18,22)(H3,17,19,20,21). The first-order valence-electron chi connectivity index (χ1n) is 7.47. The van der Waals surface area contributed by atoms with Crippen molar-refractivity contribution in [3.05, 3.63) is 45.7 Å². The molecule has 0 radical (unpaired) electrons. The van der Waals surface area contributed by atoms with Crippen molar-refractivity contribution in [3.8, 4) is 0 Å². The predicted octanol–water partition coefficient (Wildman–Crippen LogP) is 1.96. The number of nitrogens with one attached hydrogen (secondary N) is 2. The molecule has 1 aromatic heterocycles. The van der Waals surface area contributed by atoms with E-state index in [1.165, 1.54) is 35.4 Å². The second kappa shape index (κ2) is 6.45. The van der Waals surface area contributed by atoms with Crippen molar-refractivity contribution in [2.45, 2.75) is 36.6 Å². The van der Waals surface area contributed by atoms with Gasteiger partial charge in [0.2, 0.25) is 5.91 Å². The van der Waals surface area contributed by atoms with E-state index in [4.69, 9.17) is 5.73 Å². The van der Waals surface area contributed by atoms with Gasteiger partial charge in [-0.25, -0.2) is 4.98 Å². The Labute approximate surface area is 137 Å². The largest absolute Gasteiger partial charge is 0.383 e. The second-order valence-electron chi connectivity index (χ2n) is 5.56. The molecule has 1 atom stereocenters. The molecule has 7 heteroatoms. The molecular weight excluding hydrogens is 312 g/mol. The highest BCUT2D eigenvalue weighted by Crippen LogP contribution is 2.26. The first kappa shape index (κ1) is 15.6. The lowest BCUT2D eigenvalue weighted by molar-refractivity contribution is -0.115. The van der Waals surface area contributed by atoms with E-state index in [1.807, 2.05) is 12.1 Å². The minimum absolute atomic E-state index is 0.141. The molecule has 0 saturated heterocycles. The van der Waals surface area contributed by atoms with Gasteiger partial charge in [0.1, 0.15) is 5.82 Å². The Kier molecular flexibility index (Phi) is 4.38. The Morgan fingerprint density at radius 3 is 2.91 bits per heavy atom. The third kappa shape index (κ3) is 3.73. The van der Waals surface area contributed by atoms with Gasteiger partial charge >= 0.3 is 0 Å². The van der Waals surface area contributed by atoms with Gasteiger partial charge in [-0.15, -0.1) is 0 Å². The van der Waals surface area contributed by atoms with Crippen LogP contribution in [0.2, 0.25) is 0 Å². The van der Waals surface area contributed by atoms with Gasteiger partial charge in [-0.2, -0.15) is 0 Å². The summed E-state index contributed by atoms with van der Waals surface area (Å²) < 4.78 is 0. The number of hydrogen-bond acceptors (Lipinski definition) is 5. The summed E-state index contributed by atoms with van der Waals surface area (Å²) >= 11 is 1.17. The summed E-state index contributed by atoms with van der Waals surface area (Å²) in [5.41, 5.74) is 8.69. The van der Waals surface area contributed by atoms with E-state index >= 15 is 0 Å². The molecule has 0 bridgehead atoms. The van der Waals surface area contributed by atoms with Crippen LogP contribution in [0.4, 0.5) is 11.5 Å². The summed E-state index contributed by atoms with van der Waals surface area (Å²) in [4.78, 5) is 30.3. The number of rotatable bonds is 4. The number of carbonyl (C=O) groups excluding carboxylic acids is 1. The van der Waals surface area contributed by atoms with E-state index in [-0.39, 0.29) is 17.3 Å². The number of carbonyl (C=O) groups is 1. The lowest BCUT2D eigenvalue weighted by Crippen LogP contribution is -2.23. The molecule has 6 nitrogen and oxygen atoms in total. The Balaban J connectivity index is 1.66. The zero-order chi connectivity index (χ0) is 16.4. The number of aromatic nitrogens is 2. The fraction of sp³-hybridized carbons (Fsp3) is 0.312. The number of aryl methyl sites for hydroxylation is 2. The van der Waals surface area contributed by atoms with Crippen LogP contribution < -0.4 is 16.6 Å². The molecule has 2 aromatic rings. The molecule has 1 unspecified atom stereocenters. The zero-order valence-electron chi connectivity index (χ0n) is 12.8. The van der Waals surface area contributed by atoms with E-state index in [2.05, 4.69) is 21.4 Å². The Hall–Kier alpha value is -2.28. The minimum Gasteiger partial charge on any atom is -0.383 e. The molecule has 0 aliphatic heterocycles. The molecule has 0 spiro atoms. The summed E-state index contributed by atoms with van der Waals surface area (Å²) in [6.07, 6.45) is 3.36. The van der Waals surface area contributed by atoms with Crippen LogP contribution in [0.15, 0.2) is 34.2 Å². The number of fused-ring (bicyclic) bond motifs is 1. The average Bonchev–Trinajstić information content (AvgIpc) is 2.93. The SMILES string of the molecule is CC(Sc1nc(N)cc(=O)[nH]1)C(=O)Nc1ccc2c(c1)CCC2. The van der Waals surface area contributed by atoms with Crippen LogP contribution >= 0.6 is 11.8 Å². The maximum Gasteiger partial charge on any atom is 0.253 e. The number of benzene rings is 1. The second-order valence-corrected chi connectivity index (χ2v) is 6.89. The van der Waals surface area contributed by atoms with Crippen LogP contribution in [-0.4, -0.2) is 21.1 Å². The fourth-order valence-corrected chi connectivity index (χ4v) is 3.44. The van der Waals surface area contributed by atoms with E-state index in [1.54, 1.807) is 6.92 Å². The van der Waals surface area contributed by atoms with Crippen LogP contribution in [0.5, 0.6) is 0 Å². The first-order valence-corrected chi connectivity index (χ1v) is 8.35. The molecule has 120 valence electrons. The van der Waals surface area contributed by atoms with Gasteiger partial charge in [0.15, 0.2) is 5.16 Å². The van der Waals surface area contributed by atoms with E-state index < -0.39 is 5.25 Å². The summed E-state index contributed by atoms with van der Waals surface area (Å²) in [5, 5.41) is 2.84. The van der Waals surface area contributed by atoms with E-state index in [9.17, 15) is 9.59 Å². The molecule has 1 amide bonds. The van der Waals surface area contributed by atoms with Crippen LogP contribution in [0.25, 0.3) is 0 Å². The monoisotopic (exact) mass is 330 g/mol. The fourth-order valence-electron chi connectivity index (χ4n) is 2.62. The molecule has 0 fully saturated rings. The van der Waals surface area contributed by atoms with E-state index in [0.717, 1.165) is 18.5 Å². The number of nitrogens with zero attached hydrogens (tertiary/aromatic N) is 1. The van der Waals surface area contributed by atoms with Crippen molar-refractivity contribution >= 4 is 29.2 Å². The molecule has 1 aliphatic rings. The molecule has 1 heterocycles. The van der Waals surface area contributed by atoms with Crippen molar-refractivity contribution in [1.29, 1.82) is 0 Å². The molecule has 0 saturated carbocycles. The van der Waals surface area contributed by atoms with Gasteiger partial charge in [0, 0.05) is 11.8 Å². The number of nitrogen functional groups attached to an aromatic ring is 1. The van der Waals surface area contributed by atoms with Gasteiger partial charge in [0.25, 0.3) is 5.56 Å². The van der Waals surface area contributed by atoms with Crippen LogP contribution in [0.1, 0.15) is 24.5 Å². The van der Waals surface area contributed by atoms with Crippen LogP contribution in [0, 0.1) is 0 Å². The number of anilines is 2. The number of hydrogen-bond donors (Lipinski definition) is 3. The van der Waals surface area contributed by atoms with Crippen LogP contribution in [-0.2, 0) is 17.6 Å². The third-order valence-electron chi connectivity index (χ3n) is 3.76. The molecule has 1 aromatic carbocycles. The average molecular weight is 330 g/mol. The van der Waals surface area contributed by atoms with Gasteiger partial charge in [-0.05, 0) is 49.4 Å². The molecule has 4 N–H and O–H groups in total. The Morgan fingerprint density at radius 1 is 1.35 bits per heavy atom. The number of amides is 1. The van der Waals surface area contributed by atoms with Gasteiger partial charge in [-0.1, -0.05) is 17.8 Å².